The van der Waals surface area contributed by atoms with Gasteiger partial charge in [-0.15, -0.1) is 54.1 Å². The summed E-state index contributed by atoms with van der Waals surface area (Å²) in [5.74, 6) is 1.48. The maximum Gasteiger partial charge on any atom is 0.120 e. The molecule has 9 rings (SSSR count). The van der Waals surface area contributed by atoms with Gasteiger partial charge < -0.3 is 14.0 Å². The van der Waals surface area contributed by atoms with Gasteiger partial charge in [-0.05, 0) is 53.0 Å². The number of furan rings is 1. The average Bonchev–Trinajstić information content (AvgIpc) is 3.77. The largest absolute Gasteiger partial charge is 0.501 e. The van der Waals surface area contributed by atoms with Crippen LogP contribution in [0.15, 0.2) is 156 Å². The first-order valence-electron chi connectivity index (χ1n) is 18.7. The number of nitrogens with zero attached hydrogens (tertiary/aromatic N) is 3. The van der Waals surface area contributed by atoms with Gasteiger partial charge in [-0.2, -0.15) is 0 Å². The Bertz CT molecular complexity index is 2710. The number of hydrogen-bond acceptors (Lipinski definition) is 3. The minimum Gasteiger partial charge on any atom is -0.501 e. The maximum absolute atomic E-state index is 6.36. The second-order valence-corrected chi connectivity index (χ2v) is 20.2. The average molecular weight is 910 g/mol. The molecule has 0 atom stereocenters. The standard InChI is InChI=1S/C31H19N2O.C18H24NSi.Ir/c1-2-11-21(12-3-1)22-13-4-7-18-27(22)33-28-19-8-6-17-26(28)32-31(33)25-16-10-15-24-23-14-5-9-20-29(23)34-30(24)25;1-14(2)11-16-12-17(15-9-7-6-8-10-15)19-13-18(16)20(3,4)5;/h1-15,17-20H;6-9,12-14H,11H2,1-5H3;/q2*-1;. The summed E-state index contributed by atoms with van der Waals surface area (Å²) in [6.45, 7) is 11.7. The van der Waals surface area contributed by atoms with E-state index in [0.717, 1.165) is 78.9 Å². The third-order valence-electron chi connectivity index (χ3n) is 9.76. The number of fused-ring (bicyclic) bond motifs is 4. The summed E-state index contributed by atoms with van der Waals surface area (Å²) in [7, 11) is -1.34. The number of hydrogen-bond donors (Lipinski definition) is 0. The molecule has 0 aliphatic heterocycles. The third kappa shape index (κ3) is 7.76. The van der Waals surface area contributed by atoms with E-state index in [1.54, 1.807) is 0 Å². The van der Waals surface area contributed by atoms with Gasteiger partial charge in [0.25, 0.3) is 0 Å². The predicted octanol–water partition coefficient (Wildman–Crippen LogP) is 12.3. The molecule has 0 amide bonds. The van der Waals surface area contributed by atoms with E-state index in [1.807, 2.05) is 54.6 Å². The minimum atomic E-state index is -1.34. The zero-order valence-electron chi connectivity index (χ0n) is 31.8. The zero-order chi connectivity index (χ0) is 37.2. The predicted molar refractivity (Wildman–Crippen MR) is 228 cm³/mol. The van der Waals surface area contributed by atoms with Crippen LogP contribution in [0.1, 0.15) is 19.4 Å². The van der Waals surface area contributed by atoms with Gasteiger partial charge in [0.2, 0.25) is 0 Å². The Balaban J connectivity index is 0.000000191. The normalized spacial score (nSPS) is 11.5. The van der Waals surface area contributed by atoms with E-state index in [9.17, 15) is 0 Å². The molecule has 3 heterocycles. The molecule has 9 aromatic rings. The summed E-state index contributed by atoms with van der Waals surface area (Å²) in [5, 5.41) is 3.66. The zero-order valence-corrected chi connectivity index (χ0v) is 35.2. The molecule has 0 spiro atoms. The number of aromatic nitrogens is 3. The third-order valence-corrected chi connectivity index (χ3v) is 11.8. The monoisotopic (exact) mass is 910 g/mol. The Morgan fingerprint density at radius 3 is 2.24 bits per heavy atom. The van der Waals surface area contributed by atoms with Crippen molar-refractivity contribution in [1.82, 2.24) is 14.5 Å². The van der Waals surface area contributed by atoms with Crippen LogP contribution in [0, 0.1) is 18.1 Å². The number of para-hydroxylation sites is 4. The molecular weight excluding hydrogens is 867 g/mol. The van der Waals surface area contributed by atoms with Crippen molar-refractivity contribution in [2.45, 2.75) is 39.9 Å². The molecule has 4 nitrogen and oxygen atoms in total. The second kappa shape index (κ2) is 16.1. The van der Waals surface area contributed by atoms with Crippen LogP contribution in [0.5, 0.6) is 0 Å². The first-order chi connectivity index (χ1) is 26.3. The molecule has 0 saturated heterocycles. The van der Waals surface area contributed by atoms with Gasteiger partial charge in [0.1, 0.15) is 5.58 Å². The van der Waals surface area contributed by atoms with Crippen LogP contribution in [-0.4, -0.2) is 22.6 Å². The Labute approximate surface area is 338 Å². The smallest absolute Gasteiger partial charge is 0.120 e. The number of imidazole rings is 1. The molecule has 275 valence electrons. The van der Waals surface area contributed by atoms with Gasteiger partial charge in [-0.1, -0.05) is 135 Å². The molecule has 0 saturated carbocycles. The minimum absolute atomic E-state index is 0. The summed E-state index contributed by atoms with van der Waals surface area (Å²) >= 11 is 0. The molecule has 6 aromatic carbocycles. The molecule has 1 radical (unpaired) electrons. The number of benzene rings is 6. The fraction of sp³-hybridized carbons (Fsp3) is 0.143. The molecule has 0 aliphatic carbocycles. The fourth-order valence-corrected chi connectivity index (χ4v) is 8.89. The Kier molecular flexibility index (Phi) is 11.1. The molecule has 6 heteroatoms. The van der Waals surface area contributed by atoms with Gasteiger partial charge in [0.15, 0.2) is 0 Å². The Morgan fingerprint density at radius 2 is 1.45 bits per heavy atom. The van der Waals surface area contributed by atoms with Crippen LogP contribution in [-0.2, 0) is 26.5 Å². The fourth-order valence-electron chi connectivity index (χ4n) is 7.31. The van der Waals surface area contributed by atoms with Crippen LogP contribution in [0.4, 0.5) is 0 Å². The van der Waals surface area contributed by atoms with E-state index in [4.69, 9.17) is 9.40 Å². The molecule has 0 aliphatic rings. The van der Waals surface area contributed by atoms with E-state index in [0.29, 0.717) is 5.92 Å². The van der Waals surface area contributed by atoms with Crippen molar-refractivity contribution in [2.75, 3.05) is 0 Å². The van der Waals surface area contributed by atoms with E-state index in [1.165, 1.54) is 10.8 Å². The van der Waals surface area contributed by atoms with E-state index < -0.39 is 8.07 Å². The van der Waals surface area contributed by atoms with Crippen molar-refractivity contribution < 1.29 is 24.5 Å². The van der Waals surface area contributed by atoms with Crippen LogP contribution >= 0.6 is 0 Å². The summed E-state index contributed by atoms with van der Waals surface area (Å²) < 4.78 is 8.59. The summed E-state index contributed by atoms with van der Waals surface area (Å²) in [4.78, 5) is 9.77. The molecular formula is C49H43IrN3OSi-2. The SMILES string of the molecule is CC(C)Cc1cc(-c2[c-]cccc2)ncc1[Si](C)(C)C.[Ir].[c-]1ccc2c(oc3ccccc32)c1-c1nc2ccccc2n1-c1ccccc1-c1ccccc1. The Morgan fingerprint density at radius 1 is 0.727 bits per heavy atom. The Hall–Kier alpha value is -5.39. The van der Waals surface area contributed by atoms with E-state index in [2.05, 4.69) is 152 Å². The van der Waals surface area contributed by atoms with Crippen LogP contribution in [0.2, 0.25) is 19.6 Å². The van der Waals surface area contributed by atoms with Crippen molar-refractivity contribution in [3.8, 4) is 39.5 Å². The number of rotatable bonds is 7. The quantitative estimate of drug-likeness (QED) is 0.118. The van der Waals surface area contributed by atoms with Gasteiger partial charge >= 0.3 is 0 Å². The molecule has 55 heavy (non-hydrogen) atoms. The summed E-state index contributed by atoms with van der Waals surface area (Å²) in [5.41, 5.74) is 11.5. The van der Waals surface area contributed by atoms with Crippen LogP contribution in [0.3, 0.4) is 0 Å². The molecule has 3 aromatic heterocycles. The van der Waals surface area contributed by atoms with Crippen molar-refractivity contribution in [3.63, 3.8) is 0 Å². The van der Waals surface area contributed by atoms with E-state index in [-0.39, 0.29) is 20.1 Å². The molecule has 0 N–H and O–H groups in total. The van der Waals surface area contributed by atoms with Crippen LogP contribution < -0.4 is 5.19 Å². The number of pyridine rings is 1. The van der Waals surface area contributed by atoms with E-state index >= 15 is 0 Å². The van der Waals surface area contributed by atoms with Crippen molar-refractivity contribution in [3.05, 3.63) is 169 Å². The van der Waals surface area contributed by atoms with Gasteiger partial charge in [-0.25, -0.2) is 0 Å². The summed E-state index contributed by atoms with van der Waals surface area (Å²) in [6.07, 6.45) is 3.24. The summed E-state index contributed by atoms with van der Waals surface area (Å²) in [6, 6.07) is 56.4. The first-order valence-corrected chi connectivity index (χ1v) is 22.2. The van der Waals surface area contributed by atoms with Gasteiger partial charge in [0, 0.05) is 42.9 Å². The maximum atomic E-state index is 6.36. The van der Waals surface area contributed by atoms with Gasteiger partial charge in [0.05, 0.1) is 30.5 Å². The topological polar surface area (TPSA) is 43.9 Å². The molecule has 0 fully saturated rings. The first kappa shape index (κ1) is 37.9. The molecule has 0 bridgehead atoms. The van der Waals surface area contributed by atoms with Crippen LogP contribution in [0.25, 0.3) is 72.4 Å². The van der Waals surface area contributed by atoms with Crippen molar-refractivity contribution >= 4 is 46.2 Å². The van der Waals surface area contributed by atoms with Crippen molar-refractivity contribution in [2.24, 2.45) is 5.92 Å². The van der Waals surface area contributed by atoms with Gasteiger partial charge in [-0.3, -0.25) is 4.98 Å². The molecule has 0 unspecified atom stereocenters. The van der Waals surface area contributed by atoms with Crippen molar-refractivity contribution in [1.29, 1.82) is 0 Å². The second-order valence-electron chi connectivity index (χ2n) is 15.2.